The van der Waals surface area contributed by atoms with Crippen molar-refractivity contribution in [1.29, 1.82) is 0 Å². The van der Waals surface area contributed by atoms with Gasteiger partial charge in [0.2, 0.25) is 0 Å². The van der Waals surface area contributed by atoms with E-state index in [0.717, 1.165) is 129 Å². The van der Waals surface area contributed by atoms with Crippen LogP contribution in [0.2, 0.25) is 0 Å². The van der Waals surface area contributed by atoms with E-state index >= 15 is 0 Å². The molecule has 0 amide bonds. The van der Waals surface area contributed by atoms with Crippen molar-refractivity contribution in [2.45, 2.75) is 163 Å². The van der Waals surface area contributed by atoms with Crippen molar-refractivity contribution in [2.24, 2.45) is 32.5 Å². The van der Waals surface area contributed by atoms with Gasteiger partial charge in [-0.1, -0.05) is 227 Å². The molecule has 132 heavy (non-hydrogen) atoms. The Morgan fingerprint density at radius 1 is 0.174 bits per heavy atom. The summed E-state index contributed by atoms with van der Waals surface area (Å²) in [5.41, 5.74) is 26.2. The first-order chi connectivity index (χ1) is 60.2. The third-order valence-corrected chi connectivity index (χ3v) is 18.6. The summed E-state index contributed by atoms with van der Waals surface area (Å²) in [5, 5.41) is 0. The molecule has 16 rings (SSSR count). The SMILES string of the molecule is CC(C)(C)Cc1c[c-]c(-c2ccccn2)cc1.CC(C)(C)Cc1cc[c-]c(-c2ccccn2)c1.CC(C)(C)Cc1ccc(-c2[c-]cccc2)nc1.CC(C)(C)Cc1ccnc(-c2[c-]cccc2)c1.CC(C)(C)Cc1ccnc(-c2[c-]cccc2)c1.CC(C)(C)Cc1ccnc(-c2[c-]cccc2)c1.[Ir].[Ir].[Ir].[Ir].[Ir].[Ir].[c-]1ccccc1-c1ccccn1.[c-]1ccccc1-c1ccccn1. The fourth-order valence-corrected chi connectivity index (χ4v) is 13.5. The molecule has 0 fully saturated rings. The second-order valence-electron chi connectivity index (χ2n) is 38.4. The number of hydrogen-bond acceptors (Lipinski definition) is 8. The van der Waals surface area contributed by atoms with E-state index in [2.05, 4.69) is 292 Å². The number of rotatable bonds is 14. The Hall–Kier alpha value is -9.14. The fourth-order valence-electron chi connectivity index (χ4n) is 13.5. The number of pyridine rings is 8. The third kappa shape index (κ3) is 46.7. The van der Waals surface area contributed by atoms with Gasteiger partial charge in [-0.2, -0.15) is 0 Å². The third-order valence-electron chi connectivity index (χ3n) is 18.6. The summed E-state index contributed by atoms with van der Waals surface area (Å²) in [6.07, 6.45) is 21.2. The van der Waals surface area contributed by atoms with Crippen LogP contribution in [0.4, 0.5) is 0 Å². The van der Waals surface area contributed by atoms with Gasteiger partial charge < -0.3 is 39.9 Å². The first kappa shape index (κ1) is 117. The molecule has 6 radical (unpaired) electrons. The molecule has 8 aromatic carbocycles. The normalized spacial score (nSPS) is 10.6. The molecule has 0 aliphatic rings. The Labute approximate surface area is 872 Å². The van der Waals surface area contributed by atoms with Crippen LogP contribution in [0.3, 0.4) is 0 Å². The van der Waals surface area contributed by atoms with E-state index in [-0.39, 0.29) is 121 Å². The minimum Gasteiger partial charge on any atom is -0.305 e. The molecule has 0 saturated carbocycles. The zero-order chi connectivity index (χ0) is 90.3. The summed E-state index contributed by atoms with van der Waals surface area (Å²) in [6, 6.07) is 126. The van der Waals surface area contributed by atoms with Crippen molar-refractivity contribution in [3.63, 3.8) is 0 Å². The molecular weight excluding hydrogens is 2680 g/mol. The average molecular weight is 2810 g/mol. The Morgan fingerprint density at radius 2 is 0.409 bits per heavy atom. The van der Waals surface area contributed by atoms with E-state index in [0.29, 0.717) is 32.5 Å². The van der Waals surface area contributed by atoms with Gasteiger partial charge in [-0.15, -0.1) is 286 Å². The van der Waals surface area contributed by atoms with Gasteiger partial charge >= 0.3 is 0 Å². The molecular formula is C118H124Ir6N8-8. The predicted octanol–water partition coefficient (Wildman–Crippen LogP) is 29.9. The molecule has 0 aliphatic carbocycles. The van der Waals surface area contributed by atoms with E-state index in [1.165, 1.54) is 33.4 Å². The fraction of sp³-hybridized carbons (Fsp3) is 0.254. The summed E-state index contributed by atoms with van der Waals surface area (Å²) in [4.78, 5) is 34.8. The van der Waals surface area contributed by atoms with Gasteiger partial charge in [0.15, 0.2) is 0 Å². The van der Waals surface area contributed by atoms with Crippen molar-refractivity contribution in [1.82, 2.24) is 39.9 Å². The summed E-state index contributed by atoms with van der Waals surface area (Å²) in [7, 11) is 0. The number of aromatic nitrogens is 8. The molecule has 0 saturated heterocycles. The van der Waals surface area contributed by atoms with Crippen LogP contribution in [0.15, 0.2) is 353 Å². The maximum atomic E-state index is 4.50. The Bertz CT molecular complexity index is 5090. The Balaban J connectivity index is 0.000000387. The molecule has 0 N–H and O–H groups in total. The summed E-state index contributed by atoms with van der Waals surface area (Å²) in [5.74, 6) is 0. The maximum Gasteiger partial charge on any atom is 0.0193 e. The Morgan fingerprint density at radius 3 is 0.659 bits per heavy atom. The van der Waals surface area contributed by atoms with Crippen LogP contribution in [-0.4, -0.2) is 39.9 Å². The van der Waals surface area contributed by atoms with Gasteiger partial charge in [-0.3, -0.25) is 0 Å². The number of hydrogen-bond donors (Lipinski definition) is 0. The zero-order valence-electron chi connectivity index (χ0n) is 79.3. The van der Waals surface area contributed by atoms with Crippen LogP contribution in [0.25, 0.3) is 90.1 Å². The summed E-state index contributed by atoms with van der Waals surface area (Å²) >= 11 is 0. The molecule has 16 aromatic rings. The van der Waals surface area contributed by atoms with Gasteiger partial charge in [0.05, 0.1) is 0 Å². The number of benzene rings is 8. The van der Waals surface area contributed by atoms with Crippen molar-refractivity contribution < 1.29 is 121 Å². The summed E-state index contributed by atoms with van der Waals surface area (Å²) < 4.78 is 0. The standard InChI is InChI=1S/6C16H18N.2C11H8N.6Ir/c1-16(2,3)12-13-7-6-8-14(11-13)15-9-4-5-10-17-15;1-16(2,3)12-13-7-9-14(10-8-13)15-6-4-5-11-17-15;3*1-16(2,3)12-13-9-10-17-15(11-13)14-7-5-4-6-8-14;1-16(2,3)11-13-9-10-15(17-12-13)14-7-5-4-6-8-14;2*1-2-6-10(7-3-1)11-8-4-5-9-12-11;;;;;;/h4-7,9-11H,12H2,1-3H3;4-9,11H,12H2,1-3H3;3*4-7,9-11H,12H2,1-3H3;4-7,9-10,12H,11H2,1-3H3;2*1-6,8-9H;;;;;;/q8*-1;;;;;;. The van der Waals surface area contributed by atoms with Crippen molar-refractivity contribution in [2.75, 3.05) is 0 Å². The molecule has 0 bridgehead atoms. The monoisotopic (exact) mass is 2810 g/mol. The average Bonchev–Trinajstić information content (AvgIpc) is 0.839. The molecule has 0 spiro atoms. The Kier molecular flexibility index (Phi) is 52.8. The largest absolute Gasteiger partial charge is 0.305 e. The van der Waals surface area contributed by atoms with Crippen LogP contribution in [-0.2, 0) is 159 Å². The van der Waals surface area contributed by atoms with Crippen LogP contribution >= 0.6 is 0 Å². The van der Waals surface area contributed by atoms with Gasteiger partial charge in [0.25, 0.3) is 0 Å². The van der Waals surface area contributed by atoms with Crippen molar-refractivity contribution >= 4 is 0 Å². The van der Waals surface area contributed by atoms with E-state index in [1.54, 1.807) is 12.4 Å². The van der Waals surface area contributed by atoms with Crippen LogP contribution in [0, 0.1) is 81.0 Å². The molecule has 0 atom stereocenters. The topological polar surface area (TPSA) is 103 Å². The van der Waals surface area contributed by atoms with Crippen LogP contribution in [0.5, 0.6) is 0 Å². The molecule has 8 aromatic heterocycles. The first-order valence-electron chi connectivity index (χ1n) is 43.5. The minimum atomic E-state index is 0. The second kappa shape index (κ2) is 59.6. The minimum absolute atomic E-state index is 0. The smallest absolute Gasteiger partial charge is 0.0193 e. The molecule has 8 nitrogen and oxygen atoms in total. The van der Waals surface area contributed by atoms with Gasteiger partial charge in [-0.25, -0.2) is 0 Å². The molecule has 698 valence electrons. The van der Waals surface area contributed by atoms with Crippen molar-refractivity contribution in [3.8, 4) is 90.1 Å². The zero-order valence-corrected chi connectivity index (χ0v) is 93.7. The first-order valence-corrected chi connectivity index (χ1v) is 43.5. The molecule has 0 unspecified atom stereocenters. The quantitative estimate of drug-likeness (QED) is 0.0992. The summed E-state index contributed by atoms with van der Waals surface area (Å²) in [6.45, 7) is 40.5. The molecule has 0 aliphatic heterocycles. The second-order valence-corrected chi connectivity index (χ2v) is 38.4. The maximum absolute atomic E-state index is 4.50. The molecule has 14 heteroatoms. The van der Waals surface area contributed by atoms with E-state index in [4.69, 9.17) is 0 Å². The van der Waals surface area contributed by atoms with Gasteiger partial charge in [0, 0.05) is 170 Å². The van der Waals surface area contributed by atoms with E-state index < -0.39 is 0 Å². The van der Waals surface area contributed by atoms with Gasteiger partial charge in [0.1, 0.15) is 0 Å². The van der Waals surface area contributed by atoms with Crippen LogP contribution < -0.4 is 0 Å². The van der Waals surface area contributed by atoms with Crippen LogP contribution in [0.1, 0.15) is 158 Å². The van der Waals surface area contributed by atoms with Gasteiger partial charge in [-0.05, 0) is 158 Å². The predicted molar refractivity (Wildman–Crippen MR) is 527 cm³/mol. The van der Waals surface area contributed by atoms with E-state index in [1.807, 2.05) is 262 Å². The molecule has 8 heterocycles. The van der Waals surface area contributed by atoms with E-state index in [9.17, 15) is 0 Å². The van der Waals surface area contributed by atoms with Crippen molar-refractivity contribution in [3.05, 3.63) is 435 Å². The number of nitrogens with zero attached hydrogens (tertiary/aromatic N) is 8.